The molecule has 1 aromatic heterocycles. The maximum absolute atomic E-state index is 10.1. The fourth-order valence-electron chi connectivity index (χ4n) is 3.16. The predicted octanol–water partition coefficient (Wildman–Crippen LogP) is 5.97. The number of hydrogen-bond donors (Lipinski definition) is 1. The Morgan fingerprint density at radius 1 is 0.833 bits per heavy atom. The summed E-state index contributed by atoms with van der Waals surface area (Å²) < 4.78 is 0. The van der Waals surface area contributed by atoms with E-state index < -0.39 is 0 Å². The molecule has 1 heterocycles. The van der Waals surface area contributed by atoms with Crippen LogP contribution in [-0.4, -0.2) is 10.1 Å². The molecule has 116 valence electrons. The van der Waals surface area contributed by atoms with E-state index in [-0.39, 0.29) is 0 Å². The first-order valence-corrected chi connectivity index (χ1v) is 7.99. The molecule has 0 radical (unpaired) electrons. The summed E-state index contributed by atoms with van der Waals surface area (Å²) in [5.41, 5.74) is 3.06. The molecule has 0 bridgehead atoms. The predicted molar refractivity (Wildman–Crippen MR) is 101 cm³/mol. The van der Waals surface area contributed by atoms with Gasteiger partial charge in [-0.1, -0.05) is 54.6 Å². The van der Waals surface area contributed by atoms with Gasteiger partial charge in [0.05, 0.1) is 0 Å². The van der Waals surface area contributed by atoms with E-state index in [9.17, 15) is 5.11 Å². The van der Waals surface area contributed by atoms with Gasteiger partial charge in [0.2, 0.25) is 0 Å². The molecule has 0 saturated carbocycles. The molecule has 0 amide bonds. The van der Waals surface area contributed by atoms with Gasteiger partial charge in [-0.3, -0.25) is 4.98 Å². The van der Waals surface area contributed by atoms with Crippen molar-refractivity contribution >= 4 is 27.3 Å². The third-order valence-electron chi connectivity index (χ3n) is 4.41. The van der Waals surface area contributed by atoms with E-state index in [1.165, 1.54) is 5.39 Å². The molecular formula is C22H17NO. The number of nitrogens with zero attached hydrogens (tertiary/aromatic N) is 1. The molecule has 1 N–H and O–H groups in total. The summed E-state index contributed by atoms with van der Waals surface area (Å²) in [7, 11) is 0. The molecule has 24 heavy (non-hydrogen) atoms. The van der Waals surface area contributed by atoms with Gasteiger partial charge in [-0.15, -0.1) is 0 Å². The normalized spacial score (nSPS) is 12.0. The fourth-order valence-corrected chi connectivity index (χ4v) is 3.16. The summed E-state index contributed by atoms with van der Waals surface area (Å²) in [6.07, 6.45) is 5.52. The van der Waals surface area contributed by atoms with Crippen molar-refractivity contribution in [3.05, 3.63) is 84.7 Å². The first-order valence-electron chi connectivity index (χ1n) is 7.99. The molecule has 0 unspecified atom stereocenters. The highest BCUT2D eigenvalue weighted by Crippen LogP contribution is 2.34. The Labute approximate surface area is 140 Å². The first-order chi connectivity index (χ1) is 11.8. The van der Waals surface area contributed by atoms with E-state index in [1.807, 2.05) is 49.6 Å². The fraction of sp³-hybridized carbons (Fsp3) is 0.0455. The Balaban J connectivity index is 2.05. The van der Waals surface area contributed by atoms with Crippen LogP contribution in [0.3, 0.4) is 0 Å². The molecule has 0 aliphatic carbocycles. The van der Waals surface area contributed by atoms with Crippen molar-refractivity contribution in [3.8, 4) is 11.1 Å². The number of allylic oxidation sites excluding steroid dienone is 1. The lowest BCUT2D eigenvalue weighted by Crippen LogP contribution is -1.88. The third kappa shape index (κ3) is 2.33. The molecule has 0 spiro atoms. The highest BCUT2D eigenvalue weighted by atomic mass is 16.3. The van der Waals surface area contributed by atoms with Crippen LogP contribution in [0.5, 0.6) is 0 Å². The molecule has 4 aromatic rings. The van der Waals surface area contributed by atoms with E-state index in [2.05, 4.69) is 35.3 Å². The van der Waals surface area contributed by atoms with Crippen LogP contribution in [0.4, 0.5) is 0 Å². The zero-order chi connectivity index (χ0) is 16.5. The largest absolute Gasteiger partial charge is 0.508 e. The highest BCUT2D eigenvalue weighted by Gasteiger charge is 2.09. The number of hydrogen-bond acceptors (Lipinski definition) is 2. The van der Waals surface area contributed by atoms with Crippen LogP contribution in [0.15, 0.2) is 79.1 Å². The van der Waals surface area contributed by atoms with Gasteiger partial charge in [-0.2, -0.15) is 0 Å². The van der Waals surface area contributed by atoms with Gasteiger partial charge in [0, 0.05) is 28.9 Å². The van der Waals surface area contributed by atoms with Gasteiger partial charge in [-0.05, 0) is 40.8 Å². The van der Waals surface area contributed by atoms with E-state index in [1.54, 1.807) is 6.08 Å². The topological polar surface area (TPSA) is 33.1 Å². The summed E-state index contributed by atoms with van der Waals surface area (Å²) in [6.45, 7) is 1.83. The molecule has 0 atom stereocenters. The molecule has 4 rings (SSSR count). The Morgan fingerprint density at radius 2 is 1.67 bits per heavy atom. The molecule has 0 fully saturated rings. The standard InChI is InChI=1S/C22H17NO/c1-2-22(24)16-11-10-15-7-5-9-19(20(15)12-16)21-14-23-13-17-6-3-4-8-18(17)21/h2-14,24H,1H3/b22-2-. The number of aliphatic hydroxyl groups excluding tert-OH is 1. The zero-order valence-electron chi connectivity index (χ0n) is 13.4. The minimum Gasteiger partial charge on any atom is -0.508 e. The van der Waals surface area contributed by atoms with Crippen molar-refractivity contribution in [1.29, 1.82) is 0 Å². The van der Waals surface area contributed by atoms with Crippen LogP contribution in [-0.2, 0) is 0 Å². The van der Waals surface area contributed by atoms with Crippen molar-refractivity contribution in [1.82, 2.24) is 4.98 Å². The number of aromatic nitrogens is 1. The maximum atomic E-state index is 10.1. The smallest absolute Gasteiger partial charge is 0.118 e. The molecule has 0 aliphatic heterocycles. The summed E-state index contributed by atoms with van der Waals surface area (Å²) >= 11 is 0. The van der Waals surface area contributed by atoms with E-state index >= 15 is 0 Å². The second-order valence-corrected chi connectivity index (χ2v) is 5.82. The number of fused-ring (bicyclic) bond motifs is 2. The van der Waals surface area contributed by atoms with E-state index in [4.69, 9.17) is 0 Å². The van der Waals surface area contributed by atoms with Crippen LogP contribution in [0.1, 0.15) is 12.5 Å². The van der Waals surface area contributed by atoms with Gasteiger partial charge >= 0.3 is 0 Å². The zero-order valence-corrected chi connectivity index (χ0v) is 13.4. The Morgan fingerprint density at radius 3 is 2.54 bits per heavy atom. The highest BCUT2D eigenvalue weighted by molar-refractivity contribution is 6.05. The molecule has 2 heteroatoms. The van der Waals surface area contributed by atoms with Crippen molar-refractivity contribution in [3.63, 3.8) is 0 Å². The minimum atomic E-state index is 0.294. The van der Waals surface area contributed by atoms with Crippen LogP contribution < -0.4 is 0 Å². The Kier molecular flexibility index (Phi) is 3.51. The van der Waals surface area contributed by atoms with Gasteiger partial charge in [0.15, 0.2) is 0 Å². The summed E-state index contributed by atoms with van der Waals surface area (Å²) in [5.74, 6) is 0.294. The molecule has 3 aromatic carbocycles. The number of rotatable bonds is 2. The first kappa shape index (κ1) is 14.5. The van der Waals surface area contributed by atoms with Crippen molar-refractivity contribution in [2.75, 3.05) is 0 Å². The van der Waals surface area contributed by atoms with E-state index in [0.717, 1.165) is 32.8 Å². The number of aliphatic hydroxyl groups is 1. The average molecular weight is 311 g/mol. The van der Waals surface area contributed by atoms with Crippen molar-refractivity contribution in [2.45, 2.75) is 6.92 Å². The number of benzene rings is 3. The lowest BCUT2D eigenvalue weighted by Gasteiger charge is -2.11. The summed E-state index contributed by atoms with van der Waals surface area (Å²) in [4.78, 5) is 4.41. The second-order valence-electron chi connectivity index (χ2n) is 5.82. The quantitative estimate of drug-likeness (QED) is 0.462. The van der Waals surface area contributed by atoms with Crippen LogP contribution in [0.2, 0.25) is 0 Å². The molecular weight excluding hydrogens is 294 g/mol. The van der Waals surface area contributed by atoms with E-state index in [0.29, 0.717) is 5.76 Å². The molecule has 2 nitrogen and oxygen atoms in total. The van der Waals surface area contributed by atoms with Gasteiger partial charge in [0.25, 0.3) is 0 Å². The Bertz CT molecular complexity index is 1070. The van der Waals surface area contributed by atoms with Crippen LogP contribution in [0.25, 0.3) is 38.4 Å². The SMILES string of the molecule is C/C=C(\O)c1ccc2cccc(-c3cncc4ccccc34)c2c1. The lowest BCUT2D eigenvalue weighted by atomic mass is 9.94. The van der Waals surface area contributed by atoms with Crippen LogP contribution in [0, 0.1) is 0 Å². The number of pyridine rings is 1. The van der Waals surface area contributed by atoms with Gasteiger partial charge in [-0.25, -0.2) is 0 Å². The summed E-state index contributed by atoms with van der Waals surface area (Å²) in [6, 6.07) is 20.6. The minimum absolute atomic E-state index is 0.294. The molecule has 0 saturated heterocycles. The third-order valence-corrected chi connectivity index (χ3v) is 4.41. The monoisotopic (exact) mass is 311 g/mol. The molecule has 0 aliphatic rings. The summed E-state index contributed by atoms with van der Waals surface area (Å²) in [5, 5.41) is 14.6. The van der Waals surface area contributed by atoms with Gasteiger partial charge in [0.1, 0.15) is 5.76 Å². The lowest BCUT2D eigenvalue weighted by molar-refractivity contribution is 0.511. The van der Waals surface area contributed by atoms with Gasteiger partial charge < -0.3 is 5.11 Å². The van der Waals surface area contributed by atoms with Crippen molar-refractivity contribution < 1.29 is 5.11 Å². The van der Waals surface area contributed by atoms with Crippen LogP contribution >= 0.6 is 0 Å². The maximum Gasteiger partial charge on any atom is 0.118 e. The second kappa shape index (κ2) is 5.82. The van der Waals surface area contributed by atoms with Crippen molar-refractivity contribution in [2.24, 2.45) is 0 Å². The Hall–Kier alpha value is -3.13. The average Bonchev–Trinajstić information content (AvgIpc) is 2.66.